The van der Waals surface area contributed by atoms with Crippen molar-refractivity contribution in [1.82, 2.24) is 29.6 Å². The van der Waals surface area contributed by atoms with Crippen molar-refractivity contribution in [3.05, 3.63) is 40.7 Å². The van der Waals surface area contributed by atoms with Crippen molar-refractivity contribution in [2.24, 2.45) is 0 Å². The second kappa shape index (κ2) is 10.5. The van der Waals surface area contributed by atoms with Gasteiger partial charge in [0, 0.05) is 39.4 Å². The minimum atomic E-state index is -4.68. The number of nitrogens with one attached hydrogen (secondary N) is 2. The summed E-state index contributed by atoms with van der Waals surface area (Å²) in [7, 11) is 1.79. The van der Waals surface area contributed by atoms with Gasteiger partial charge in [-0.3, -0.25) is 9.59 Å². The molecule has 0 aliphatic carbocycles. The number of anilines is 2. The average Bonchev–Trinajstić information content (AvgIpc) is 3.28. The summed E-state index contributed by atoms with van der Waals surface area (Å²) in [6.07, 6.45) is 0.959. The smallest absolute Gasteiger partial charge is 0.386 e. The molecule has 0 saturated carbocycles. The van der Waals surface area contributed by atoms with Gasteiger partial charge in [0.15, 0.2) is 0 Å². The molecule has 4 rings (SSSR count). The number of hydrogen-bond acceptors (Lipinski definition) is 8. The SMILES string of the molecule is CNc1cnc(N2CCN(C(=O)CCOCC(C)n3cc(C(F)(F)F)c4c(=O)[nH]ncc43)CC2)nc1. The first kappa shape index (κ1) is 25.4. The van der Waals surface area contributed by atoms with Crippen LogP contribution < -0.4 is 15.8 Å². The Kier molecular flexibility index (Phi) is 7.43. The topological polar surface area (TPSA) is 121 Å². The lowest BCUT2D eigenvalue weighted by atomic mass is 10.2. The lowest BCUT2D eigenvalue weighted by Gasteiger charge is -2.34. The first-order valence-electron chi connectivity index (χ1n) is 11.4. The molecule has 1 unspecified atom stereocenters. The predicted octanol–water partition coefficient (Wildman–Crippen LogP) is 1.89. The number of fused-ring (bicyclic) bond motifs is 1. The fraction of sp³-hybridized carbons (Fsp3) is 0.500. The van der Waals surface area contributed by atoms with Crippen LogP contribution in [0.4, 0.5) is 24.8 Å². The molecule has 194 valence electrons. The highest BCUT2D eigenvalue weighted by Crippen LogP contribution is 2.35. The van der Waals surface area contributed by atoms with Gasteiger partial charge >= 0.3 is 6.18 Å². The van der Waals surface area contributed by atoms with Crippen molar-refractivity contribution >= 4 is 28.4 Å². The zero-order valence-electron chi connectivity index (χ0n) is 19.9. The highest BCUT2D eigenvalue weighted by molar-refractivity contribution is 5.83. The summed E-state index contributed by atoms with van der Waals surface area (Å²) in [5.74, 6) is 0.553. The molecule has 4 heterocycles. The van der Waals surface area contributed by atoms with Crippen molar-refractivity contribution in [2.75, 3.05) is 56.7 Å². The van der Waals surface area contributed by atoms with Crippen LogP contribution in [-0.4, -0.2) is 82.0 Å². The molecule has 1 amide bonds. The second-order valence-corrected chi connectivity index (χ2v) is 8.47. The second-order valence-electron chi connectivity index (χ2n) is 8.47. The number of H-pyrrole nitrogens is 1. The standard InChI is InChI=1S/C22H27F3N8O3/c1-14(33-12-16(22(23,24)25)19-17(33)11-29-30-20(19)35)13-36-8-3-18(34)31-4-6-32(7-5-31)21-27-9-15(26-2)10-28-21/h9-12,14,26H,3-8,13H2,1-2H3,(H,30,35). The number of hydrogen-bond donors (Lipinski definition) is 2. The van der Waals surface area contributed by atoms with Crippen LogP contribution in [0.1, 0.15) is 24.9 Å². The molecule has 1 atom stereocenters. The third-order valence-electron chi connectivity index (χ3n) is 6.09. The maximum atomic E-state index is 13.4. The number of rotatable bonds is 8. The molecule has 1 saturated heterocycles. The quantitative estimate of drug-likeness (QED) is 0.443. The lowest BCUT2D eigenvalue weighted by Crippen LogP contribution is -2.49. The summed E-state index contributed by atoms with van der Waals surface area (Å²) in [5, 5.41) is 8.18. The van der Waals surface area contributed by atoms with E-state index in [0.717, 1.165) is 11.9 Å². The van der Waals surface area contributed by atoms with Crippen LogP contribution in [0, 0.1) is 0 Å². The Balaban J connectivity index is 1.27. The van der Waals surface area contributed by atoms with Crippen LogP contribution in [0.2, 0.25) is 0 Å². The van der Waals surface area contributed by atoms with Gasteiger partial charge in [-0.05, 0) is 6.92 Å². The van der Waals surface area contributed by atoms with Gasteiger partial charge < -0.3 is 24.4 Å². The normalized spacial score (nSPS) is 15.4. The molecule has 11 nitrogen and oxygen atoms in total. The van der Waals surface area contributed by atoms with Gasteiger partial charge in [-0.1, -0.05) is 0 Å². The fourth-order valence-electron chi connectivity index (χ4n) is 4.12. The summed E-state index contributed by atoms with van der Waals surface area (Å²) in [5.41, 5.74) is -1.04. The maximum Gasteiger partial charge on any atom is 0.418 e. The van der Waals surface area contributed by atoms with Gasteiger partial charge in [0.25, 0.3) is 5.56 Å². The third-order valence-corrected chi connectivity index (χ3v) is 6.09. The highest BCUT2D eigenvalue weighted by Gasteiger charge is 2.36. The average molecular weight is 509 g/mol. The highest BCUT2D eigenvalue weighted by atomic mass is 19.4. The van der Waals surface area contributed by atoms with Gasteiger partial charge in [0.05, 0.1) is 66.4 Å². The van der Waals surface area contributed by atoms with Crippen LogP contribution in [0.25, 0.3) is 10.9 Å². The Hall–Kier alpha value is -3.68. The third kappa shape index (κ3) is 5.42. The maximum absolute atomic E-state index is 13.4. The molecule has 3 aromatic heterocycles. The molecule has 0 spiro atoms. The van der Waals surface area contributed by atoms with Crippen molar-refractivity contribution < 1.29 is 22.7 Å². The Morgan fingerprint density at radius 1 is 1.19 bits per heavy atom. The Bertz CT molecular complexity index is 1250. The largest absolute Gasteiger partial charge is 0.418 e. The lowest BCUT2D eigenvalue weighted by molar-refractivity contribution is -0.136. The van der Waals surface area contributed by atoms with E-state index >= 15 is 0 Å². The minimum absolute atomic E-state index is 0.0599. The van der Waals surface area contributed by atoms with E-state index in [2.05, 4.69) is 20.4 Å². The van der Waals surface area contributed by atoms with E-state index in [-0.39, 0.29) is 31.1 Å². The molecule has 0 radical (unpaired) electrons. The molecule has 1 aliphatic heterocycles. The van der Waals surface area contributed by atoms with Crippen molar-refractivity contribution in [1.29, 1.82) is 0 Å². The van der Waals surface area contributed by atoms with Crippen LogP contribution in [-0.2, 0) is 15.7 Å². The van der Waals surface area contributed by atoms with Crippen LogP contribution in [0.3, 0.4) is 0 Å². The van der Waals surface area contributed by atoms with E-state index in [0.29, 0.717) is 32.1 Å². The number of aromatic nitrogens is 5. The van der Waals surface area contributed by atoms with Crippen molar-refractivity contribution in [2.45, 2.75) is 25.6 Å². The number of alkyl halides is 3. The molecule has 0 aromatic carbocycles. The number of carbonyl (C=O) groups is 1. The first-order valence-corrected chi connectivity index (χ1v) is 11.4. The van der Waals surface area contributed by atoms with Gasteiger partial charge in [-0.25, -0.2) is 15.1 Å². The molecule has 14 heteroatoms. The minimum Gasteiger partial charge on any atom is -0.386 e. The molecular formula is C22H27F3N8O3. The van der Waals surface area contributed by atoms with Gasteiger partial charge in [-0.15, -0.1) is 0 Å². The van der Waals surface area contributed by atoms with Gasteiger partial charge in [0.1, 0.15) is 0 Å². The molecule has 36 heavy (non-hydrogen) atoms. The van der Waals surface area contributed by atoms with Crippen molar-refractivity contribution in [3.8, 4) is 0 Å². The number of amides is 1. The summed E-state index contributed by atoms with van der Waals surface area (Å²) >= 11 is 0. The van der Waals surface area contributed by atoms with Gasteiger partial charge in [0.2, 0.25) is 11.9 Å². The van der Waals surface area contributed by atoms with Crippen LogP contribution >= 0.6 is 0 Å². The Morgan fingerprint density at radius 2 is 1.89 bits per heavy atom. The molecular weight excluding hydrogens is 481 g/mol. The molecule has 2 N–H and O–H groups in total. The fourth-order valence-corrected chi connectivity index (χ4v) is 4.12. The molecule has 1 fully saturated rings. The summed E-state index contributed by atoms with van der Waals surface area (Å²) in [6.45, 7) is 4.15. The molecule has 1 aliphatic rings. The Morgan fingerprint density at radius 3 is 2.53 bits per heavy atom. The zero-order chi connectivity index (χ0) is 25.9. The van der Waals surface area contributed by atoms with Crippen LogP contribution in [0.5, 0.6) is 0 Å². The number of nitrogens with zero attached hydrogens (tertiary/aromatic N) is 6. The Labute approximate surface area is 204 Å². The van der Waals surface area contributed by atoms with E-state index in [9.17, 15) is 22.8 Å². The molecule has 3 aromatic rings. The van der Waals surface area contributed by atoms with Crippen molar-refractivity contribution in [3.63, 3.8) is 0 Å². The number of aromatic amines is 1. The predicted molar refractivity (Wildman–Crippen MR) is 126 cm³/mol. The first-order chi connectivity index (χ1) is 17.2. The van der Waals surface area contributed by atoms with E-state index in [4.69, 9.17) is 4.74 Å². The van der Waals surface area contributed by atoms with E-state index in [1.165, 1.54) is 10.8 Å². The monoisotopic (exact) mass is 508 g/mol. The summed E-state index contributed by atoms with van der Waals surface area (Å²) in [6, 6.07) is -0.514. The number of piperazine rings is 1. The number of ether oxygens (including phenoxy) is 1. The summed E-state index contributed by atoms with van der Waals surface area (Å²) < 4.78 is 47.2. The van der Waals surface area contributed by atoms with Gasteiger partial charge in [-0.2, -0.15) is 18.3 Å². The van der Waals surface area contributed by atoms with E-state index < -0.39 is 28.7 Å². The van der Waals surface area contributed by atoms with Crippen LogP contribution in [0.15, 0.2) is 29.6 Å². The number of halogens is 3. The van der Waals surface area contributed by atoms with E-state index in [1.54, 1.807) is 31.3 Å². The van der Waals surface area contributed by atoms with E-state index in [1.807, 2.05) is 10.00 Å². The molecule has 0 bridgehead atoms. The zero-order valence-corrected chi connectivity index (χ0v) is 19.9. The number of carbonyl (C=O) groups excluding carboxylic acids is 1. The summed E-state index contributed by atoms with van der Waals surface area (Å²) in [4.78, 5) is 37.0.